The first-order valence-corrected chi connectivity index (χ1v) is 6.71. The lowest BCUT2D eigenvalue weighted by atomic mass is 10.3. The highest BCUT2D eigenvalue weighted by Crippen LogP contribution is 2.28. The number of ether oxygens (including phenoxy) is 1. The summed E-state index contributed by atoms with van der Waals surface area (Å²) in [5.74, 6) is 0.847. The Morgan fingerprint density at radius 1 is 1.50 bits per heavy atom. The topological polar surface area (TPSA) is 24.5 Å². The highest BCUT2D eigenvalue weighted by Gasteiger charge is 2.20. The molecule has 1 aliphatic rings. The standard InChI is InChI=1S/C12H24N2OS/c1-3-4-7-13-12(16)14(2)8-9-15-10-11-5-6-11/h11H,3-10H2,1-2H3,(H,13,16). The van der Waals surface area contributed by atoms with Crippen LogP contribution in [0.15, 0.2) is 0 Å². The molecule has 0 aliphatic heterocycles. The van der Waals surface area contributed by atoms with Crippen molar-refractivity contribution in [1.29, 1.82) is 0 Å². The molecule has 1 saturated carbocycles. The Labute approximate surface area is 105 Å². The fourth-order valence-corrected chi connectivity index (χ4v) is 1.54. The van der Waals surface area contributed by atoms with Crippen LogP contribution in [0.2, 0.25) is 0 Å². The molecule has 4 heteroatoms. The van der Waals surface area contributed by atoms with E-state index < -0.39 is 0 Å². The van der Waals surface area contributed by atoms with Crippen molar-refractivity contribution in [3.05, 3.63) is 0 Å². The molecular formula is C12H24N2OS. The lowest BCUT2D eigenvalue weighted by Gasteiger charge is -2.20. The summed E-state index contributed by atoms with van der Waals surface area (Å²) < 4.78 is 5.57. The summed E-state index contributed by atoms with van der Waals surface area (Å²) in [5, 5.41) is 4.08. The highest BCUT2D eigenvalue weighted by molar-refractivity contribution is 7.80. The van der Waals surface area contributed by atoms with Gasteiger partial charge in [0.05, 0.1) is 6.61 Å². The van der Waals surface area contributed by atoms with Crippen molar-refractivity contribution in [2.75, 3.05) is 33.4 Å². The van der Waals surface area contributed by atoms with Crippen LogP contribution < -0.4 is 5.32 Å². The summed E-state index contributed by atoms with van der Waals surface area (Å²) in [7, 11) is 2.02. The molecule has 0 saturated heterocycles. The normalized spacial score (nSPS) is 14.9. The van der Waals surface area contributed by atoms with E-state index in [0.717, 1.165) is 37.3 Å². The van der Waals surface area contributed by atoms with Gasteiger partial charge in [-0.3, -0.25) is 0 Å². The van der Waals surface area contributed by atoms with Crippen molar-refractivity contribution in [3.63, 3.8) is 0 Å². The lowest BCUT2D eigenvalue weighted by Crippen LogP contribution is -2.39. The van der Waals surface area contributed by atoms with Gasteiger partial charge in [0.15, 0.2) is 5.11 Å². The Hall–Kier alpha value is -0.350. The number of thiocarbonyl (C=S) groups is 1. The van der Waals surface area contributed by atoms with E-state index in [1.54, 1.807) is 0 Å². The van der Waals surface area contributed by atoms with Crippen LogP contribution in [0.3, 0.4) is 0 Å². The number of nitrogens with one attached hydrogen (secondary N) is 1. The number of hydrogen-bond acceptors (Lipinski definition) is 2. The molecule has 0 aromatic carbocycles. The minimum absolute atomic E-state index is 0.780. The maximum atomic E-state index is 5.57. The Kier molecular flexibility index (Phi) is 6.73. The smallest absolute Gasteiger partial charge is 0.168 e. The van der Waals surface area contributed by atoms with Gasteiger partial charge in [0.1, 0.15) is 0 Å². The Balaban J connectivity index is 1.94. The van der Waals surface area contributed by atoms with Crippen LogP contribution in [0.25, 0.3) is 0 Å². The van der Waals surface area contributed by atoms with Gasteiger partial charge in [-0.05, 0) is 37.4 Å². The molecule has 3 nitrogen and oxygen atoms in total. The van der Waals surface area contributed by atoms with Gasteiger partial charge in [-0.15, -0.1) is 0 Å². The van der Waals surface area contributed by atoms with Crippen molar-refractivity contribution in [3.8, 4) is 0 Å². The van der Waals surface area contributed by atoms with E-state index in [1.165, 1.54) is 25.7 Å². The predicted octanol–water partition coefficient (Wildman–Crippen LogP) is 2.02. The molecule has 0 unspecified atom stereocenters. The second-order valence-electron chi connectivity index (χ2n) is 4.53. The molecular weight excluding hydrogens is 220 g/mol. The first-order valence-electron chi connectivity index (χ1n) is 6.30. The maximum absolute atomic E-state index is 5.57. The third-order valence-electron chi connectivity index (χ3n) is 2.77. The average molecular weight is 244 g/mol. The summed E-state index contributed by atoms with van der Waals surface area (Å²) in [6, 6.07) is 0. The van der Waals surface area contributed by atoms with Gasteiger partial charge < -0.3 is 15.0 Å². The molecule has 0 spiro atoms. The fourth-order valence-electron chi connectivity index (χ4n) is 1.34. The van der Waals surface area contributed by atoms with E-state index >= 15 is 0 Å². The second kappa shape index (κ2) is 7.85. The summed E-state index contributed by atoms with van der Waals surface area (Å²) in [4.78, 5) is 2.05. The monoisotopic (exact) mass is 244 g/mol. The average Bonchev–Trinajstić information content (AvgIpc) is 3.08. The molecule has 0 aromatic heterocycles. The largest absolute Gasteiger partial charge is 0.379 e. The summed E-state index contributed by atoms with van der Waals surface area (Å²) in [6.07, 6.45) is 5.08. The summed E-state index contributed by atoms with van der Waals surface area (Å²) in [5.41, 5.74) is 0. The molecule has 0 heterocycles. The van der Waals surface area contributed by atoms with Crippen molar-refractivity contribution < 1.29 is 4.74 Å². The maximum Gasteiger partial charge on any atom is 0.168 e. The van der Waals surface area contributed by atoms with E-state index in [1.807, 2.05) is 7.05 Å². The lowest BCUT2D eigenvalue weighted by molar-refractivity contribution is 0.115. The van der Waals surface area contributed by atoms with Crippen LogP contribution in [-0.4, -0.2) is 43.4 Å². The van der Waals surface area contributed by atoms with E-state index in [-0.39, 0.29) is 0 Å². The Morgan fingerprint density at radius 3 is 2.88 bits per heavy atom. The molecule has 0 radical (unpaired) electrons. The molecule has 0 amide bonds. The van der Waals surface area contributed by atoms with Gasteiger partial charge in [-0.2, -0.15) is 0 Å². The third-order valence-corrected chi connectivity index (χ3v) is 3.23. The van der Waals surface area contributed by atoms with Crippen LogP contribution in [-0.2, 0) is 4.74 Å². The zero-order chi connectivity index (χ0) is 11.8. The van der Waals surface area contributed by atoms with Crippen molar-refractivity contribution in [2.24, 2.45) is 5.92 Å². The van der Waals surface area contributed by atoms with Crippen LogP contribution in [0.1, 0.15) is 32.6 Å². The van der Waals surface area contributed by atoms with E-state index in [2.05, 4.69) is 17.1 Å². The fraction of sp³-hybridized carbons (Fsp3) is 0.917. The van der Waals surface area contributed by atoms with E-state index in [0.29, 0.717) is 0 Å². The zero-order valence-corrected chi connectivity index (χ0v) is 11.3. The minimum atomic E-state index is 0.780. The highest BCUT2D eigenvalue weighted by atomic mass is 32.1. The van der Waals surface area contributed by atoms with Gasteiger partial charge in [-0.25, -0.2) is 0 Å². The van der Waals surface area contributed by atoms with Crippen LogP contribution in [0.5, 0.6) is 0 Å². The van der Waals surface area contributed by atoms with Gasteiger partial charge in [0, 0.05) is 26.7 Å². The quantitative estimate of drug-likeness (QED) is 0.521. The second-order valence-corrected chi connectivity index (χ2v) is 4.91. The van der Waals surface area contributed by atoms with Crippen molar-refractivity contribution in [1.82, 2.24) is 10.2 Å². The Morgan fingerprint density at radius 2 is 2.25 bits per heavy atom. The number of nitrogens with zero attached hydrogens (tertiary/aromatic N) is 1. The summed E-state index contributed by atoms with van der Waals surface area (Å²) >= 11 is 5.26. The van der Waals surface area contributed by atoms with Crippen molar-refractivity contribution in [2.45, 2.75) is 32.6 Å². The zero-order valence-electron chi connectivity index (χ0n) is 10.5. The van der Waals surface area contributed by atoms with Gasteiger partial charge >= 0.3 is 0 Å². The number of likely N-dealkylation sites (N-methyl/N-ethyl adjacent to an activating group) is 1. The molecule has 1 N–H and O–H groups in total. The molecule has 16 heavy (non-hydrogen) atoms. The SMILES string of the molecule is CCCCNC(=S)N(C)CCOCC1CC1. The van der Waals surface area contributed by atoms with E-state index in [9.17, 15) is 0 Å². The predicted molar refractivity (Wildman–Crippen MR) is 71.7 cm³/mol. The minimum Gasteiger partial charge on any atom is -0.379 e. The molecule has 94 valence electrons. The number of hydrogen-bond donors (Lipinski definition) is 1. The van der Waals surface area contributed by atoms with Gasteiger partial charge in [-0.1, -0.05) is 13.3 Å². The first-order chi connectivity index (χ1) is 7.74. The number of rotatable bonds is 8. The van der Waals surface area contributed by atoms with Crippen LogP contribution in [0.4, 0.5) is 0 Å². The first kappa shape index (κ1) is 13.7. The van der Waals surface area contributed by atoms with Crippen molar-refractivity contribution >= 4 is 17.3 Å². The summed E-state index contributed by atoms with van der Waals surface area (Å²) in [6.45, 7) is 5.75. The molecule has 1 rings (SSSR count). The molecule has 0 bridgehead atoms. The van der Waals surface area contributed by atoms with Gasteiger partial charge in [0.25, 0.3) is 0 Å². The Bertz CT molecular complexity index is 207. The van der Waals surface area contributed by atoms with E-state index in [4.69, 9.17) is 17.0 Å². The molecule has 0 atom stereocenters. The van der Waals surface area contributed by atoms with Crippen LogP contribution in [0, 0.1) is 5.92 Å². The molecule has 0 aromatic rings. The molecule has 1 aliphatic carbocycles. The van der Waals surface area contributed by atoms with Gasteiger partial charge in [0.2, 0.25) is 0 Å². The molecule has 1 fully saturated rings. The number of unbranched alkanes of at least 4 members (excludes halogenated alkanes) is 1. The third kappa shape index (κ3) is 6.28. The van der Waals surface area contributed by atoms with Crippen LogP contribution >= 0.6 is 12.2 Å².